The van der Waals surface area contributed by atoms with Crippen LogP contribution in [0.15, 0.2) is 49.5 Å². The molecule has 2 aromatic heterocycles. The Morgan fingerprint density at radius 2 is 2.15 bits per heavy atom. The molecule has 3 rings (SSSR count). The lowest BCUT2D eigenvalue weighted by Crippen LogP contribution is -2.15. The number of esters is 1. The van der Waals surface area contributed by atoms with Gasteiger partial charge in [0.05, 0.1) is 16.3 Å². The van der Waals surface area contributed by atoms with Crippen molar-refractivity contribution in [2.24, 2.45) is 0 Å². The fourth-order valence-electron chi connectivity index (χ4n) is 1.93. The summed E-state index contributed by atoms with van der Waals surface area (Å²) in [6.45, 7) is 1.91. The predicted octanol–water partition coefficient (Wildman–Crippen LogP) is 5.22. The normalized spacial score (nSPS) is 10.7. The van der Waals surface area contributed by atoms with Gasteiger partial charge in [-0.25, -0.2) is 9.78 Å². The molecule has 3 aromatic rings. The first kappa shape index (κ1) is 19.0. The van der Waals surface area contributed by atoms with Gasteiger partial charge in [-0.15, -0.1) is 11.3 Å². The van der Waals surface area contributed by atoms with Crippen molar-refractivity contribution in [2.75, 3.05) is 0 Å². The first-order valence-electron chi connectivity index (χ1n) is 7.26. The molecule has 9 heteroatoms. The molecule has 26 heavy (non-hydrogen) atoms. The molecule has 0 N–H and O–H groups in total. The number of nitrogens with zero attached hydrogens (tertiary/aromatic N) is 1. The fraction of sp³-hybridized carbons (Fsp3) is 0.118. The molecule has 5 nitrogen and oxygen atoms in total. The number of aryl methyl sites for hydroxylation is 1. The highest BCUT2D eigenvalue weighted by Crippen LogP contribution is 2.26. The van der Waals surface area contributed by atoms with E-state index in [1.54, 1.807) is 6.07 Å². The van der Waals surface area contributed by atoms with E-state index in [4.69, 9.17) is 32.4 Å². The summed E-state index contributed by atoms with van der Waals surface area (Å²) in [6, 6.07) is 5.68. The van der Waals surface area contributed by atoms with Crippen molar-refractivity contribution in [3.63, 3.8) is 0 Å². The van der Waals surface area contributed by atoms with Crippen molar-refractivity contribution in [3.8, 4) is 5.75 Å². The third-order valence-electron chi connectivity index (χ3n) is 3.14. The molecule has 0 saturated carbocycles. The van der Waals surface area contributed by atoms with E-state index >= 15 is 0 Å². The molecule has 0 unspecified atom stereocenters. The summed E-state index contributed by atoms with van der Waals surface area (Å²) < 4.78 is 11.3. The molecule has 0 aliphatic heterocycles. The van der Waals surface area contributed by atoms with Crippen LogP contribution < -0.4 is 10.2 Å². The van der Waals surface area contributed by atoms with Gasteiger partial charge in [-0.3, -0.25) is 4.79 Å². The minimum Gasteiger partial charge on any atom is -0.464 e. The van der Waals surface area contributed by atoms with Crippen molar-refractivity contribution in [2.45, 2.75) is 17.0 Å². The lowest BCUT2D eigenvalue weighted by Gasteiger charge is -2.06. The van der Waals surface area contributed by atoms with Crippen molar-refractivity contribution in [1.29, 1.82) is 0 Å². The maximum Gasteiger partial charge on any atom is 0.345 e. The Morgan fingerprint density at radius 1 is 1.35 bits per heavy atom. The number of carbonyl (C=O) groups is 1. The van der Waals surface area contributed by atoms with Crippen LogP contribution in [-0.2, 0) is 5.75 Å². The van der Waals surface area contributed by atoms with Crippen LogP contribution in [0.2, 0.25) is 10.0 Å². The summed E-state index contributed by atoms with van der Waals surface area (Å²) in [5.41, 5.74) is 0.548. The van der Waals surface area contributed by atoms with Gasteiger partial charge in [0.25, 0.3) is 0 Å². The van der Waals surface area contributed by atoms with Crippen molar-refractivity contribution in [3.05, 3.63) is 73.2 Å². The Morgan fingerprint density at radius 3 is 2.85 bits per heavy atom. The lowest BCUT2D eigenvalue weighted by molar-refractivity contribution is 0.0729. The van der Waals surface area contributed by atoms with Gasteiger partial charge >= 0.3 is 5.97 Å². The Hall–Kier alpha value is -1.80. The van der Waals surface area contributed by atoms with Crippen LogP contribution in [0.3, 0.4) is 0 Å². The van der Waals surface area contributed by atoms with E-state index in [0.717, 1.165) is 16.3 Å². The van der Waals surface area contributed by atoms with Gasteiger partial charge in [-0.05, 0) is 25.1 Å². The van der Waals surface area contributed by atoms with E-state index in [2.05, 4.69) is 4.98 Å². The fourth-order valence-corrected chi connectivity index (χ4v) is 4.04. The average molecular weight is 428 g/mol. The van der Waals surface area contributed by atoms with Crippen LogP contribution in [0.25, 0.3) is 0 Å². The number of ether oxygens (including phenoxy) is 1. The number of hydrogen-bond acceptors (Lipinski definition) is 7. The lowest BCUT2D eigenvalue weighted by atomic mass is 10.2. The van der Waals surface area contributed by atoms with Gasteiger partial charge in [0.1, 0.15) is 12.0 Å². The van der Waals surface area contributed by atoms with Crippen LogP contribution in [0.4, 0.5) is 0 Å². The summed E-state index contributed by atoms with van der Waals surface area (Å²) in [5, 5.41) is 2.45. The number of carbonyl (C=O) groups excluding carboxylic acids is 1. The van der Waals surface area contributed by atoms with E-state index in [-0.39, 0.29) is 16.3 Å². The average Bonchev–Trinajstić information content (AvgIpc) is 3.02. The maximum absolute atomic E-state index is 12.2. The van der Waals surface area contributed by atoms with Gasteiger partial charge < -0.3 is 9.15 Å². The zero-order valence-electron chi connectivity index (χ0n) is 13.3. The number of thiazole rings is 1. The SMILES string of the molecule is Cc1csc(SCc2cc(=O)c(OC(=O)c3cc(Cl)ccc3Cl)co2)n1. The number of hydrogen-bond donors (Lipinski definition) is 0. The highest BCUT2D eigenvalue weighted by molar-refractivity contribution is 8.00. The van der Waals surface area contributed by atoms with Gasteiger partial charge in [-0.2, -0.15) is 0 Å². The Kier molecular flexibility index (Phi) is 6.03. The molecule has 0 spiro atoms. The van der Waals surface area contributed by atoms with Crippen LogP contribution in [0, 0.1) is 6.92 Å². The second-order valence-electron chi connectivity index (χ2n) is 5.13. The molecule has 1 aromatic carbocycles. The van der Waals surface area contributed by atoms with Crippen LogP contribution in [0.5, 0.6) is 5.75 Å². The number of benzene rings is 1. The van der Waals surface area contributed by atoms with E-state index in [9.17, 15) is 9.59 Å². The molecule has 0 aliphatic carbocycles. The third-order valence-corrected chi connectivity index (χ3v) is 5.86. The molecule has 0 atom stereocenters. The first-order chi connectivity index (χ1) is 12.4. The number of thioether (sulfide) groups is 1. The minimum absolute atomic E-state index is 0.0670. The van der Waals surface area contributed by atoms with Crippen molar-refractivity contribution < 1.29 is 13.9 Å². The molecule has 0 saturated heterocycles. The van der Waals surface area contributed by atoms with E-state index in [0.29, 0.717) is 16.5 Å². The smallest absolute Gasteiger partial charge is 0.345 e. The van der Waals surface area contributed by atoms with E-state index < -0.39 is 11.4 Å². The maximum atomic E-state index is 12.2. The van der Waals surface area contributed by atoms with Crippen LogP contribution in [-0.4, -0.2) is 11.0 Å². The Balaban J connectivity index is 1.70. The van der Waals surface area contributed by atoms with Gasteiger partial charge in [0.2, 0.25) is 11.2 Å². The van der Waals surface area contributed by atoms with Gasteiger partial charge in [0, 0.05) is 22.2 Å². The minimum atomic E-state index is -0.787. The molecular formula is C17H11Cl2NO4S2. The van der Waals surface area contributed by atoms with Crippen LogP contribution >= 0.6 is 46.3 Å². The summed E-state index contributed by atoms with van der Waals surface area (Å²) in [4.78, 5) is 28.7. The molecular weight excluding hydrogens is 417 g/mol. The third kappa shape index (κ3) is 4.67. The summed E-state index contributed by atoms with van der Waals surface area (Å²) >= 11 is 14.8. The monoisotopic (exact) mass is 427 g/mol. The number of halogens is 2. The standard InChI is InChI=1S/C17H11Cl2NO4S2/c1-9-7-25-17(20-9)26-8-11-5-14(21)15(6-23-11)24-16(22)12-4-10(18)2-3-13(12)19/h2-7H,8H2,1H3. The summed E-state index contributed by atoms with van der Waals surface area (Å²) in [7, 11) is 0. The van der Waals surface area contributed by atoms with Crippen LogP contribution in [0.1, 0.15) is 21.8 Å². The zero-order valence-corrected chi connectivity index (χ0v) is 16.5. The quantitative estimate of drug-likeness (QED) is 0.410. The summed E-state index contributed by atoms with van der Waals surface area (Å²) in [6.07, 6.45) is 1.11. The molecule has 0 aliphatic rings. The summed E-state index contributed by atoms with van der Waals surface area (Å²) in [5.74, 6) is -0.111. The molecule has 0 fully saturated rings. The molecule has 0 radical (unpaired) electrons. The highest BCUT2D eigenvalue weighted by atomic mass is 35.5. The number of rotatable bonds is 5. The Labute approximate surface area is 166 Å². The Bertz CT molecular complexity index is 1020. The molecule has 2 heterocycles. The van der Waals surface area contributed by atoms with Crippen molar-refractivity contribution in [1.82, 2.24) is 4.98 Å². The molecule has 134 valence electrons. The second kappa shape index (κ2) is 8.26. The van der Waals surface area contributed by atoms with E-state index in [1.165, 1.54) is 41.3 Å². The number of aromatic nitrogens is 1. The van der Waals surface area contributed by atoms with E-state index in [1.807, 2.05) is 12.3 Å². The predicted molar refractivity (Wildman–Crippen MR) is 103 cm³/mol. The first-order valence-corrected chi connectivity index (χ1v) is 9.88. The second-order valence-corrected chi connectivity index (χ2v) is 8.06. The highest BCUT2D eigenvalue weighted by Gasteiger charge is 2.16. The molecule has 0 bridgehead atoms. The zero-order chi connectivity index (χ0) is 18.7. The van der Waals surface area contributed by atoms with Gasteiger partial charge in [0.15, 0.2) is 4.34 Å². The topological polar surface area (TPSA) is 69.4 Å². The van der Waals surface area contributed by atoms with Gasteiger partial charge in [-0.1, -0.05) is 35.0 Å². The molecule has 0 amide bonds. The largest absolute Gasteiger partial charge is 0.464 e. The van der Waals surface area contributed by atoms with Crippen molar-refractivity contribution >= 4 is 52.3 Å².